The molecule has 0 spiro atoms. The van der Waals surface area contributed by atoms with Gasteiger partial charge in [-0.1, -0.05) is 31.2 Å². The van der Waals surface area contributed by atoms with E-state index in [4.69, 9.17) is 16.0 Å². The third-order valence-corrected chi connectivity index (χ3v) is 6.73. The first-order chi connectivity index (χ1) is 18.0. The molecule has 1 fully saturated rings. The number of benzene rings is 1. The van der Waals surface area contributed by atoms with Crippen molar-refractivity contribution in [2.45, 2.75) is 38.3 Å². The van der Waals surface area contributed by atoms with Crippen LogP contribution in [0.2, 0.25) is 0 Å². The van der Waals surface area contributed by atoms with Gasteiger partial charge >= 0.3 is 0 Å². The number of aromatic nitrogens is 4. The average molecular weight is 497 g/mol. The molecule has 1 amide bonds. The molecule has 4 heterocycles. The van der Waals surface area contributed by atoms with Crippen molar-refractivity contribution < 1.29 is 9.90 Å². The monoisotopic (exact) mass is 496 g/mol. The van der Waals surface area contributed by atoms with Gasteiger partial charge in [0.05, 0.1) is 11.6 Å². The van der Waals surface area contributed by atoms with Gasteiger partial charge in [-0.05, 0) is 25.0 Å². The number of piperidine rings is 1. The number of nitrogen functional groups attached to an aromatic ring is 1. The quantitative estimate of drug-likeness (QED) is 0.344. The third kappa shape index (κ3) is 4.81. The molecule has 2 atom stereocenters. The number of pyridine rings is 1. The number of anilines is 2. The van der Waals surface area contributed by atoms with E-state index in [0.29, 0.717) is 41.4 Å². The summed E-state index contributed by atoms with van der Waals surface area (Å²) in [5, 5.41) is 22.6. The summed E-state index contributed by atoms with van der Waals surface area (Å²) in [6.07, 6.45) is 6.38. The molecule has 0 bridgehead atoms. The van der Waals surface area contributed by atoms with E-state index in [1.165, 1.54) is 6.20 Å². The molecule has 0 saturated carbocycles. The highest BCUT2D eigenvalue weighted by Crippen LogP contribution is 2.34. The van der Waals surface area contributed by atoms with Crippen LogP contribution in [-0.2, 0) is 4.79 Å². The number of nitriles is 1. The largest absolute Gasteiger partial charge is 0.382 e. The minimum atomic E-state index is -1.01. The van der Waals surface area contributed by atoms with Crippen LogP contribution >= 0.6 is 0 Å². The van der Waals surface area contributed by atoms with Crippen LogP contribution in [-0.4, -0.2) is 48.4 Å². The number of hydrogen-bond donors (Lipinski definition) is 3. The summed E-state index contributed by atoms with van der Waals surface area (Å²) in [5.74, 6) is 1.89. The van der Waals surface area contributed by atoms with E-state index in [2.05, 4.69) is 21.4 Å². The van der Waals surface area contributed by atoms with Crippen LogP contribution in [0.25, 0.3) is 16.8 Å². The fraction of sp³-hybridized carbons (Fsp3) is 0.296. The molecule has 10 nitrogen and oxygen atoms in total. The van der Waals surface area contributed by atoms with Gasteiger partial charge in [-0.3, -0.25) is 9.20 Å². The molecule has 1 unspecified atom stereocenters. The average Bonchev–Trinajstić information content (AvgIpc) is 3.34. The molecule has 3 aromatic heterocycles. The number of nitrogens with two attached hydrogens (primary N) is 1. The van der Waals surface area contributed by atoms with Crippen molar-refractivity contribution >= 4 is 23.1 Å². The molecule has 4 N–H and O–H groups in total. The minimum Gasteiger partial charge on any atom is -0.382 e. The Hall–Kier alpha value is -4.49. The van der Waals surface area contributed by atoms with Crippen molar-refractivity contribution in [2.24, 2.45) is 0 Å². The SMILES string of the molecule is CCC(=O)N1CCC[C@@H](c2nc(-c3ccc(C(O)Nc4cc(C#N)ccn4)cc3)c3c(N)nccn23)C1. The number of amides is 1. The molecule has 0 aliphatic carbocycles. The summed E-state index contributed by atoms with van der Waals surface area (Å²) >= 11 is 0. The van der Waals surface area contributed by atoms with Gasteiger partial charge in [0.1, 0.15) is 28.7 Å². The van der Waals surface area contributed by atoms with Gasteiger partial charge in [0, 0.05) is 55.1 Å². The number of fused-ring (bicyclic) bond motifs is 1. The van der Waals surface area contributed by atoms with Gasteiger partial charge in [-0.15, -0.1) is 0 Å². The first kappa shape index (κ1) is 24.2. The molecule has 1 aliphatic rings. The second-order valence-corrected chi connectivity index (χ2v) is 9.09. The van der Waals surface area contributed by atoms with Gasteiger partial charge < -0.3 is 21.1 Å². The smallest absolute Gasteiger partial charge is 0.222 e. The molecule has 0 radical (unpaired) electrons. The van der Waals surface area contributed by atoms with Crippen molar-refractivity contribution in [1.82, 2.24) is 24.3 Å². The van der Waals surface area contributed by atoms with E-state index >= 15 is 0 Å². The number of nitrogens with one attached hydrogen (secondary N) is 1. The molecule has 4 aromatic rings. The van der Waals surface area contributed by atoms with Crippen molar-refractivity contribution in [2.75, 3.05) is 24.1 Å². The predicted octanol–water partition coefficient (Wildman–Crippen LogP) is 3.46. The van der Waals surface area contributed by atoms with Gasteiger partial charge in [-0.2, -0.15) is 5.26 Å². The highest BCUT2D eigenvalue weighted by molar-refractivity contribution is 5.85. The Kier molecular flexibility index (Phi) is 6.70. The van der Waals surface area contributed by atoms with Gasteiger partial charge in [0.2, 0.25) is 5.91 Å². The van der Waals surface area contributed by atoms with E-state index in [9.17, 15) is 9.90 Å². The summed E-state index contributed by atoms with van der Waals surface area (Å²) in [6, 6.07) is 12.6. The van der Waals surface area contributed by atoms with Crippen LogP contribution in [0.4, 0.5) is 11.6 Å². The van der Waals surface area contributed by atoms with Gasteiger partial charge in [-0.25, -0.2) is 15.0 Å². The van der Waals surface area contributed by atoms with E-state index in [1.807, 2.05) is 34.6 Å². The Bertz CT molecular complexity index is 1470. The number of carbonyl (C=O) groups is 1. The third-order valence-electron chi connectivity index (χ3n) is 6.73. The number of aliphatic hydroxyl groups excluding tert-OH is 1. The molecule has 37 heavy (non-hydrogen) atoms. The zero-order chi connectivity index (χ0) is 25.9. The molecule has 1 saturated heterocycles. The Morgan fingerprint density at radius 1 is 1.27 bits per heavy atom. The van der Waals surface area contributed by atoms with E-state index < -0.39 is 6.23 Å². The van der Waals surface area contributed by atoms with E-state index in [1.54, 1.807) is 30.5 Å². The van der Waals surface area contributed by atoms with Gasteiger partial charge in [0.25, 0.3) is 0 Å². The lowest BCUT2D eigenvalue weighted by molar-refractivity contribution is -0.132. The Labute approximate surface area is 214 Å². The lowest BCUT2D eigenvalue weighted by atomic mass is 9.97. The zero-order valence-electron chi connectivity index (χ0n) is 20.5. The van der Waals surface area contributed by atoms with Crippen LogP contribution in [0, 0.1) is 11.3 Å². The van der Waals surface area contributed by atoms with Crippen LogP contribution in [0.15, 0.2) is 55.0 Å². The van der Waals surface area contributed by atoms with Crippen LogP contribution < -0.4 is 11.1 Å². The standard InChI is InChI=1S/C27H28N8O2/c1-2-22(36)34-12-3-4-20(16-34)26-33-23(24-25(29)31-11-13-35(24)26)18-5-7-19(8-6-18)27(37)32-21-14-17(15-28)9-10-30-21/h5-11,13-14,20,27,37H,2-4,12,16H2,1H3,(H2,29,31)(H,30,32)/t20-,27?/m1/s1. The number of rotatable bonds is 6. The Balaban J connectivity index is 1.44. The number of imidazole rings is 1. The molecule has 5 rings (SSSR count). The summed E-state index contributed by atoms with van der Waals surface area (Å²) < 4.78 is 1.99. The fourth-order valence-electron chi connectivity index (χ4n) is 4.84. The first-order valence-electron chi connectivity index (χ1n) is 12.3. The van der Waals surface area contributed by atoms with Crippen molar-refractivity contribution in [3.63, 3.8) is 0 Å². The Morgan fingerprint density at radius 2 is 2.08 bits per heavy atom. The van der Waals surface area contributed by atoms with Crippen molar-refractivity contribution in [1.29, 1.82) is 5.26 Å². The fourth-order valence-corrected chi connectivity index (χ4v) is 4.84. The molecular formula is C27H28N8O2. The molecule has 10 heteroatoms. The first-order valence-corrected chi connectivity index (χ1v) is 12.3. The van der Waals surface area contributed by atoms with E-state index in [0.717, 1.165) is 36.3 Å². The second-order valence-electron chi connectivity index (χ2n) is 9.09. The maximum absolute atomic E-state index is 12.3. The molecule has 1 aromatic carbocycles. The van der Waals surface area contributed by atoms with Crippen LogP contribution in [0.1, 0.15) is 55.3 Å². The summed E-state index contributed by atoms with van der Waals surface area (Å²) in [6.45, 7) is 3.29. The summed E-state index contributed by atoms with van der Waals surface area (Å²) in [5.41, 5.74) is 9.65. The lowest BCUT2D eigenvalue weighted by Gasteiger charge is -2.32. The number of aliphatic hydroxyl groups is 1. The highest BCUT2D eigenvalue weighted by Gasteiger charge is 2.28. The maximum Gasteiger partial charge on any atom is 0.222 e. The zero-order valence-corrected chi connectivity index (χ0v) is 20.5. The molecule has 1 aliphatic heterocycles. The van der Waals surface area contributed by atoms with E-state index in [-0.39, 0.29) is 11.8 Å². The highest BCUT2D eigenvalue weighted by atomic mass is 16.3. The minimum absolute atomic E-state index is 0.0919. The molecule has 188 valence electrons. The van der Waals surface area contributed by atoms with Gasteiger partial charge in [0.15, 0.2) is 6.23 Å². The summed E-state index contributed by atoms with van der Waals surface area (Å²) in [4.78, 5) is 27.7. The predicted molar refractivity (Wildman–Crippen MR) is 139 cm³/mol. The number of nitrogens with zero attached hydrogens (tertiary/aromatic N) is 6. The number of hydrogen-bond acceptors (Lipinski definition) is 8. The number of likely N-dealkylation sites (tertiary alicyclic amines) is 1. The topological polar surface area (TPSA) is 145 Å². The Morgan fingerprint density at radius 3 is 2.84 bits per heavy atom. The van der Waals surface area contributed by atoms with Crippen molar-refractivity contribution in [3.8, 4) is 17.3 Å². The molecular weight excluding hydrogens is 468 g/mol. The summed E-state index contributed by atoms with van der Waals surface area (Å²) in [7, 11) is 0. The normalized spacial score (nSPS) is 16.4. The maximum atomic E-state index is 12.3. The lowest BCUT2D eigenvalue weighted by Crippen LogP contribution is -2.39. The van der Waals surface area contributed by atoms with Crippen molar-refractivity contribution in [3.05, 3.63) is 71.9 Å². The van der Waals surface area contributed by atoms with Crippen LogP contribution in [0.5, 0.6) is 0 Å². The second kappa shape index (κ2) is 10.2. The van der Waals surface area contributed by atoms with Crippen LogP contribution in [0.3, 0.4) is 0 Å². The number of carbonyl (C=O) groups excluding carboxylic acids is 1.